The van der Waals surface area contributed by atoms with Crippen molar-refractivity contribution in [2.45, 2.75) is 26.4 Å². The topological polar surface area (TPSA) is 59.9 Å². The van der Waals surface area contributed by atoms with Gasteiger partial charge in [-0.05, 0) is 6.07 Å². The second kappa shape index (κ2) is 5.88. The smallest absolute Gasteiger partial charge is 0.233 e. The number of hydrogen-bond donors (Lipinski definition) is 1. The van der Waals surface area contributed by atoms with Crippen LogP contribution in [0, 0.1) is 0 Å². The molecule has 2 aromatic heterocycles. The fourth-order valence-corrected chi connectivity index (χ4v) is 2.18. The Bertz CT molecular complexity index is 495. The minimum atomic E-state index is 0.469. The summed E-state index contributed by atoms with van der Waals surface area (Å²) in [4.78, 5) is 5.55. The molecule has 0 fully saturated rings. The van der Waals surface area contributed by atoms with Crippen LogP contribution in [-0.4, -0.2) is 28.3 Å². The molecule has 5 nitrogen and oxygen atoms in total. The molecule has 0 aliphatic rings. The van der Waals surface area contributed by atoms with Crippen molar-refractivity contribution in [3.05, 3.63) is 23.2 Å². The standard InChI is InChI=1S/C12H16N4OS/c1-8(2)13-6-9-7-14-12(18-9)10-4-5-11(17-3)16-15-10/h4-5,7-8,13H,6H2,1-3H3. The molecule has 0 saturated carbocycles. The van der Waals surface area contributed by atoms with Gasteiger partial charge < -0.3 is 10.1 Å². The molecule has 2 heterocycles. The van der Waals surface area contributed by atoms with Crippen LogP contribution in [0.15, 0.2) is 18.3 Å². The third-order valence-corrected chi connectivity index (χ3v) is 3.33. The largest absolute Gasteiger partial charge is 0.480 e. The number of rotatable bonds is 5. The van der Waals surface area contributed by atoms with E-state index in [1.165, 1.54) is 4.88 Å². The highest BCUT2D eigenvalue weighted by Gasteiger charge is 2.07. The maximum absolute atomic E-state index is 4.97. The maximum atomic E-state index is 4.97. The second-order valence-corrected chi connectivity index (χ2v) is 5.24. The van der Waals surface area contributed by atoms with Crippen molar-refractivity contribution in [3.8, 4) is 16.6 Å². The van der Waals surface area contributed by atoms with E-state index in [2.05, 4.69) is 34.3 Å². The maximum Gasteiger partial charge on any atom is 0.233 e. The molecule has 18 heavy (non-hydrogen) atoms. The molecule has 0 saturated heterocycles. The SMILES string of the molecule is COc1ccc(-c2ncc(CNC(C)C)s2)nn1. The lowest BCUT2D eigenvalue weighted by Crippen LogP contribution is -2.21. The van der Waals surface area contributed by atoms with Gasteiger partial charge in [-0.25, -0.2) is 4.98 Å². The minimum absolute atomic E-state index is 0.469. The average molecular weight is 264 g/mol. The van der Waals surface area contributed by atoms with Crippen LogP contribution in [0.5, 0.6) is 5.88 Å². The molecule has 0 aliphatic carbocycles. The van der Waals surface area contributed by atoms with Crippen molar-refractivity contribution in [2.75, 3.05) is 7.11 Å². The lowest BCUT2D eigenvalue weighted by molar-refractivity contribution is 0.392. The molecule has 0 aromatic carbocycles. The molecule has 96 valence electrons. The van der Waals surface area contributed by atoms with E-state index in [-0.39, 0.29) is 0 Å². The van der Waals surface area contributed by atoms with Crippen LogP contribution in [0.1, 0.15) is 18.7 Å². The number of hydrogen-bond acceptors (Lipinski definition) is 6. The third-order valence-electron chi connectivity index (χ3n) is 2.31. The fourth-order valence-electron chi connectivity index (χ4n) is 1.36. The van der Waals surface area contributed by atoms with Gasteiger partial charge in [0, 0.05) is 29.7 Å². The first-order valence-electron chi connectivity index (χ1n) is 5.75. The number of thiazole rings is 1. The average Bonchev–Trinajstić information content (AvgIpc) is 2.85. The van der Waals surface area contributed by atoms with Crippen LogP contribution >= 0.6 is 11.3 Å². The van der Waals surface area contributed by atoms with Gasteiger partial charge in [-0.15, -0.1) is 21.5 Å². The Morgan fingerprint density at radius 2 is 2.17 bits per heavy atom. The van der Waals surface area contributed by atoms with Crippen LogP contribution in [0.3, 0.4) is 0 Å². The summed E-state index contributed by atoms with van der Waals surface area (Å²) in [7, 11) is 1.57. The van der Waals surface area contributed by atoms with Crippen LogP contribution in [0.4, 0.5) is 0 Å². The highest BCUT2D eigenvalue weighted by molar-refractivity contribution is 7.14. The van der Waals surface area contributed by atoms with E-state index < -0.39 is 0 Å². The molecule has 0 amide bonds. The van der Waals surface area contributed by atoms with Gasteiger partial charge >= 0.3 is 0 Å². The Kier molecular flexibility index (Phi) is 4.22. The van der Waals surface area contributed by atoms with Crippen molar-refractivity contribution in [3.63, 3.8) is 0 Å². The molecule has 0 spiro atoms. The third kappa shape index (κ3) is 3.24. The van der Waals surface area contributed by atoms with Gasteiger partial charge in [-0.3, -0.25) is 0 Å². The predicted octanol–water partition coefficient (Wildman–Crippen LogP) is 2.11. The van der Waals surface area contributed by atoms with Gasteiger partial charge in [-0.2, -0.15) is 0 Å². The summed E-state index contributed by atoms with van der Waals surface area (Å²) in [6.45, 7) is 5.08. The summed E-state index contributed by atoms with van der Waals surface area (Å²) < 4.78 is 4.97. The van der Waals surface area contributed by atoms with E-state index in [0.717, 1.165) is 17.2 Å². The molecule has 0 aliphatic heterocycles. The van der Waals surface area contributed by atoms with Crippen molar-refractivity contribution >= 4 is 11.3 Å². The summed E-state index contributed by atoms with van der Waals surface area (Å²) >= 11 is 1.62. The van der Waals surface area contributed by atoms with Crippen LogP contribution in [0.2, 0.25) is 0 Å². The van der Waals surface area contributed by atoms with E-state index in [1.54, 1.807) is 24.5 Å². The molecule has 6 heteroatoms. The molecule has 1 N–H and O–H groups in total. The Morgan fingerprint density at radius 3 is 2.78 bits per heavy atom. The first-order valence-corrected chi connectivity index (χ1v) is 6.57. The number of aromatic nitrogens is 3. The normalized spacial score (nSPS) is 10.9. The molecule has 0 bridgehead atoms. The summed E-state index contributed by atoms with van der Waals surface area (Å²) in [5.74, 6) is 0.511. The Hall–Kier alpha value is -1.53. The zero-order valence-electron chi connectivity index (χ0n) is 10.7. The summed E-state index contributed by atoms with van der Waals surface area (Å²) in [5, 5.41) is 12.3. The Balaban J connectivity index is 2.08. The highest BCUT2D eigenvalue weighted by atomic mass is 32.1. The monoisotopic (exact) mass is 264 g/mol. The summed E-state index contributed by atoms with van der Waals surface area (Å²) in [5.41, 5.74) is 0.775. The molecule has 0 unspecified atom stereocenters. The van der Waals surface area contributed by atoms with Gasteiger partial charge in [0.2, 0.25) is 5.88 Å². The zero-order chi connectivity index (χ0) is 13.0. The van der Waals surface area contributed by atoms with Gasteiger partial charge in [0.05, 0.1) is 7.11 Å². The second-order valence-electron chi connectivity index (χ2n) is 4.13. The lowest BCUT2D eigenvalue weighted by atomic mass is 10.4. The molecule has 2 aromatic rings. The molecular formula is C12H16N4OS. The number of nitrogens with one attached hydrogen (secondary N) is 1. The Labute approximate surface area is 110 Å². The first-order chi connectivity index (χ1) is 8.69. The van der Waals surface area contributed by atoms with Crippen molar-refractivity contribution < 1.29 is 4.74 Å². The van der Waals surface area contributed by atoms with Crippen LogP contribution < -0.4 is 10.1 Å². The quantitative estimate of drug-likeness (QED) is 0.896. The van der Waals surface area contributed by atoms with Crippen LogP contribution in [-0.2, 0) is 6.54 Å². The Morgan fingerprint density at radius 1 is 1.33 bits per heavy atom. The number of methoxy groups -OCH3 is 1. The van der Waals surface area contributed by atoms with Crippen molar-refractivity contribution in [1.29, 1.82) is 0 Å². The number of ether oxygens (including phenoxy) is 1. The zero-order valence-corrected chi connectivity index (χ0v) is 11.5. The fraction of sp³-hybridized carbons (Fsp3) is 0.417. The molecular weight excluding hydrogens is 248 g/mol. The van der Waals surface area contributed by atoms with E-state index in [4.69, 9.17) is 4.74 Å². The van der Waals surface area contributed by atoms with Gasteiger partial charge in [-0.1, -0.05) is 13.8 Å². The number of nitrogens with zero attached hydrogens (tertiary/aromatic N) is 3. The van der Waals surface area contributed by atoms with E-state index in [1.807, 2.05) is 12.3 Å². The molecule has 2 rings (SSSR count). The van der Waals surface area contributed by atoms with Gasteiger partial charge in [0.25, 0.3) is 0 Å². The summed E-state index contributed by atoms with van der Waals surface area (Å²) in [6.07, 6.45) is 1.88. The molecule has 0 radical (unpaired) electrons. The van der Waals surface area contributed by atoms with E-state index in [0.29, 0.717) is 11.9 Å². The minimum Gasteiger partial charge on any atom is -0.480 e. The summed E-state index contributed by atoms with van der Waals surface area (Å²) in [6, 6.07) is 4.12. The molecule has 0 atom stereocenters. The highest BCUT2D eigenvalue weighted by Crippen LogP contribution is 2.23. The lowest BCUT2D eigenvalue weighted by Gasteiger charge is -2.04. The predicted molar refractivity (Wildman–Crippen MR) is 71.7 cm³/mol. The van der Waals surface area contributed by atoms with Crippen LogP contribution in [0.25, 0.3) is 10.7 Å². The van der Waals surface area contributed by atoms with E-state index in [9.17, 15) is 0 Å². The van der Waals surface area contributed by atoms with Gasteiger partial charge in [0.1, 0.15) is 10.7 Å². The van der Waals surface area contributed by atoms with Gasteiger partial charge in [0.15, 0.2) is 0 Å². The van der Waals surface area contributed by atoms with Crippen molar-refractivity contribution in [1.82, 2.24) is 20.5 Å². The van der Waals surface area contributed by atoms with Crippen molar-refractivity contribution in [2.24, 2.45) is 0 Å². The van der Waals surface area contributed by atoms with E-state index >= 15 is 0 Å². The first kappa shape index (κ1) is 12.9.